The van der Waals surface area contributed by atoms with E-state index in [0.29, 0.717) is 19.3 Å². The molecular weight excluding hydrogens is 877 g/mol. The van der Waals surface area contributed by atoms with Crippen LogP contribution in [0.25, 0.3) is 0 Å². The van der Waals surface area contributed by atoms with Crippen LogP contribution in [-0.4, -0.2) is 37.2 Å². The Morgan fingerprint density at radius 3 is 0.873 bits per heavy atom. The molecule has 0 saturated heterocycles. The molecule has 0 N–H and O–H groups in total. The molecule has 0 aliphatic rings. The zero-order valence-electron chi connectivity index (χ0n) is 47.5. The van der Waals surface area contributed by atoms with Gasteiger partial charge in [0.1, 0.15) is 13.2 Å². The van der Waals surface area contributed by atoms with E-state index < -0.39 is 6.10 Å². The molecule has 0 spiro atoms. The Morgan fingerprint density at radius 2 is 0.549 bits per heavy atom. The first kappa shape index (κ1) is 68.4. The van der Waals surface area contributed by atoms with Gasteiger partial charge >= 0.3 is 17.9 Å². The van der Waals surface area contributed by atoms with E-state index >= 15 is 0 Å². The van der Waals surface area contributed by atoms with Gasteiger partial charge in [-0.15, -0.1) is 0 Å². The third kappa shape index (κ3) is 58.1. The van der Waals surface area contributed by atoms with Gasteiger partial charge in [-0.1, -0.05) is 281 Å². The third-order valence-electron chi connectivity index (χ3n) is 13.8. The zero-order chi connectivity index (χ0) is 51.4. The van der Waals surface area contributed by atoms with E-state index in [9.17, 15) is 14.4 Å². The van der Waals surface area contributed by atoms with Crippen molar-refractivity contribution in [1.29, 1.82) is 0 Å². The Bertz CT molecular complexity index is 1230. The molecule has 0 aliphatic carbocycles. The van der Waals surface area contributed by atoms with E-state index in [1.807, 2.05) is 0 Å². The summed E-state index contributed by atoms with van der Waals surface area (Å²) >= 11 is 0. The summed E-state index contributed by atoms with van der Waals surface area (Å²) in [5, 5.41) is 0. The number of esters is 3. The van der Waals surface area contributed by atoms with Crippen molar-refractivity contribution in [3.05, 3.63) is 48.6 Å². The van der Waals surface area contributed by atoms with Crippen molar-refractivity contribution >= 4 is 17.9 Å². The van der Waals surface area contributed by atoms with Crippen LogP contribution >= 0.6 is 0 Å². The Kier molecular flexibility index (Phi) is 57.7. The lowest BCUT2D eigenvalue weighted by atomic mass is 10.0. The average molecular weight is 996 g/mol. The van der Waals surface area contributed by atoms with Gasteiger partial charge < -0.3 is 14.2 Å². The maximum absolute atomic E-state index is 12.9. The predicted molar refractivity (Wildman–Crippen MR) is 307 cm³/mol. The number of ether oxygens (including phenoxy) is 3. The average Bonchev–Trinajstić information content (AvgIpc) is 3.37. The second-order valence-electron chi connectivity index (χ2n) is 20.9. The van der Waals surface area contributed by atoms with Crippen molar-refractivity contribution in [2.24, 2.45) is 0 Å². The smallest absolute Gasteiger partial charge is 0.306 e. The summed E-state index contributed by atoms with van der Waals surface area (Å²) in [4.78, 5) is 38.2. The normalized spacial score (nSPS) is 12.3. The van der Waals surface area contributed by atoms with Gasteiger partial charge in [-0.3, -0.25) is 14.4 Å². The third-order valence-corrected chi connectivity index (χ3v) is 13.8. The molecule has 0 amide bonds. The highest BCUT2D eigenvalue weighted by atomic mass is 16.6. The summed E-state index contributed by atoms with van der Waals surface area (Å²) in [5.74, 6) is -0.866. The van der Waals surface area contributed by atoms with Crippen LogP contribution in [-0.2, 0) is 28.6 Å². The molecule has 1 atom stereocenters. The lowest BCUT2D eigenvalue weighted by molar-refractivity contribution is -0.167. The molecule has 0 aliphatic heterocycles. The van der Waals surface area contributed by atoms with Gasteiger partial charge in [0.15, 0.2) is 6.10 Å². The minimum absolute atomic E-state index is 0.0738. The highest BCUT2D eigenvalue weighted by Crippen LogP contribution is 2.17. The molecule has 0 heterocycles. The number of carbonyl (C=O) groups excluding carboxylic acids is 3. The van der Waals surface area contributed by atoms with Crippen molar-refractivity contribution in [3.63, 3.8) is 0 Å². The van der Waals surface area contributed by atoms with Gasteiger partial charge in [0, 0.05) is 19.3 Å². The molecule has 0 rings (SSSR count). The Balaban J connectivity index is 4.29. The summed E-state index contributed by atoms with van der Waals surface area (Å²) in [6.45, 7) is 6.57. The minimum atomic E-state index is -0.777. The van der Waals surface area contributed by atoms with Crippen LogP contribution in [0.4, 0.5) is 0 Å². The number of hydrogen-bond donors (Lipinski definition) is 0. The largest absolute Gasteiger partial charge is 0.462 e. The first-order valence-corrected chi connectivity index (χ1v) is 31.1. The van der Waals surface area contributed by atoms with Gasteiger partial charge in [0.25, 0.3) is 0 Å². The monoisotopic (exact) mass is 995 g/mol. The molecule has 6 heteroatoms. The zero-order valence-corrected chi connectivity index (χ0v) is 47.5. The van der Waals surface area contributed by atoms with Crippen LogP contribution in [0, 0.1) is 0 Å². The van der Waals surface area contributed by atoms with Gasteiger partial charge in [-0.25, -0.2) is 0 Å². The fourth-order valence-electron chi connectivity index (χ4n) is 9.16. The molecule has 0 radical (unpaired) electrons. The van der Waals surface area contributed by atoms with Crippen molar-refractivity contribution < 1.29 is 28.6 Å². The van der Waals surface area contributed by atoms with Crippen LogP contribution in [0.3, 0.4) is 0 Å². The lowest BCUT2D eigenvalue weighted by Crippen LogP contribution is -2.30. The van der Waals surface area contributed by atoms with E-state index in [0.717, 1.165) is 83.5 Å². The molecule has 0 aromatic rings. The summed E-state index contributed by atoms with van der Waals surface area (Å²) in [7, 11) is 0. The van der Waals surface area contributed by atoms with E-state index in [2.05, 4.69) is 69.4 Å². The quantitative estimate of drug-likeness (QED) is 0.0261. The first-order chi connectivity index (χ1) is 35.0. The highest BCUT2D eigenvalue weighted by Gasteiger charge is 2.19. The Hall–Kier alpha value is -2.63. The highest BCUT2D eigenvalue weighted by molar-refractivity contribution is 5.71. The summed E-state index contributed by atoms with van der Waals surface area (Å²) in [5.41, 5.74) is 0. The van der Waals surface area contributed by atoms with Crippen LogP contribution < -0.4 is 0 Å². The second kappa shape index (κ2) is 59.9. The van der Waals surface area contributed by atoms with Gasteiger partial charge in [-0.05, 0) is 77.0 Å². The van der Waals surface area contributed by atoms with Crippen LogP contribution in [0.15, 0.2) is 48.6 Å². The van der Waals surface area contributed by atoms with E-state index in [4.69, 9.17) is 14.2 Å². The van der Waals surface area contributed by atoms with Gasteiger partial charge in [-0.2, -0.15) is 0 Å². The number of carbonyl (C=O) groups is 3. The molecule has 6 nitrogen and oxygen atoms in total. The fourth-order valence-corrected chi connectivity index (χ4v) is 9.16. The van der Waals surface area contributed by atoms with Crippen molar-refractivity contribution in [2.45, 2.75) is 335 Å². The van der Waals surface area contributed by atoms with Crippen molar-refractivity contribution in [3.8, 4) is 0 Å². The predicted octanol–water partition coefficient (Wildman–Crippen LogP) is 21.0. The van der Waals surface area contributed by atoms with Crippen molar-refractivity contribution in [1.82, 2.24) is 0 Å². The molecule has 0 bridgehead atoms. The Labute approximate surface area is 441 Å². The van der Waals surface area contributed by atoms with Crippen LogP contribution in [0.1, 0.15) is 329 Å². The van der Waals surface area contributed by atoms with Crippen LogP contribution in [0.5, 0.6) is 0 Å². The number of rotatable bonds is 57. The molecule has 0 aromatic heterocycles. The lowest BCUT2D eigenvalue weighted by Gasteiger charge is -2.18. The topological polar surface area (TPSA) is 78.9 Å². The second-order valence-corrected chi connectivity index (χ2v) is 20.9. The van der Waals surface area contributed by atoms with Crippen molar-refractivity contribution in [2.75, 3.05) is 13.2 Å². The molecule has 0 aromatic carbocycles. The maximum atomic E-state index is 12.9. The fraction of sp³-hybridized carbons (Fsp3) is 0.831. The molecular formula is C65H118O6. The number of allylic oxidation sites excluding steroid dienone is 8. The summed E-state index contributed by atoms with van der Waals surface area (Å²) in [6.07, 6.45) is 74.0. The van der Waals surface area contributed by atoms with E-state index in [1.165, 1.54) is 205 Å². The van der Waals surface area contributed by atoms with E-state index in [-0.39, 0.29) is 31.1 Å². The molecule has 0 fully saturated rings. The molecule has 414 valence electrons. The SMILES string of the molecule is CC/C=C\C/C=C\C/C=C\CCCCCCCCCC(=O)OC(COC(=O)CCCCCCCCCCCCC/C=C\CCCCCCCCCC)COC(=O)CCCCCCCCCCCCCCC. The maximum Gasteiger partial charge on any atom is 0.306 e. The molecule has 1 unspecified atom stereocenters. The van der Waals surface area contributed by atoms with Crippen LogP contribution in [0.2, 0.25) is 0 Å². The van der Waals surface area contributed by atoms with E-state index in [1.54, 1.807) is 0 Å². The first-order valence-electron chi connectivity index (χ1n) is 31.1. The number of hydrogen-bond acceptors (Lipinski definition) is 6. The molecule has 71 heavy (non-hydrogen) atoms. The Morgan fingerprint density at radius 1 is 0.296 bits per heavy atom. The minimum Gasteiger partial charge on any atom is -0.462 e. The number of unbranched alkanes of at least 4 members (excludes halogenated alkanes) is 38. The standard InChI is InChI=1S/C65H118O6/c1-4-7-10-13-16-19-22-25-27-29-30-31-32-33-34-36-37-40-43-46-49-52-55-58-64(67)70-61-62(60-69-63(66)57-54-51-48-45-42-39-24-21-18-15-12-9-6-3)71-65(68)59-56-53-50-47-44-41-38-35-28-26-23-20-17-14-11-8-5-2/h8,11,17,20,26,28-30,62H,4-7,9-10,12-16,18-19,21-25,27,31-61H2,1-3H3/b11-8-,20-17-,28-26-,30-29-. The summed E-state index contributed by atoms with van der Waals surface area (Å²) < 4.78 is 16.9. The molecule has 0 saturated carbocycles. The summed E-state index contributed by atoms with van der Waals surface area (Å²) in [6, 6.07) is 0. The van der Waals surface area contributed by atoms with Gasteiger partial charge in [0.2, 0.25) is 0 Å². The van der Waals surface area contributed by atoms with Gasteiger partial charge in [0.05, 0.1) is 0 Å².